The van der Waals surface area contributed by atoms with Crippen molar-refractivity contribution in [2.24, 2.45) is 0 Å². The van der Waals surface area contributed by atoms with Gasteiger partial charge in [0.2, 0.25) is 0 Å². The highest BCUT2D eigenvalue weighted by Gasteiger charge is 2.18. The van der Waals surface area contributed by atoms with E-state index in [-0.39, 0.29) is 5.89 Å². The predicted octanol–water partition coefficient (Wildman–Crippen LogP) is 3.05. The first-order chi connectivity index (χ1) is 9.22. The molecule has 19 heavy (non-hydrogen) atoms. The lowest BCUT2D eigenvalue weighted by atomic mass is 10.2. The van der Waals surface area contributed by atoms with E-state index in [1.807, 2.05) is 18.5 Å². The summed E-state index contributed by atoms with van der Waals surface area (Å²) in [7, 11) is 0. The molecule has 0 aliphatic rings. The van der Waals surface area contributed by atoms with E-state index in [4.69, 9.17) is 4.42 Å². The van der Waals surface area contributed by atoms with Crippen LogP contribution in [0.2, 0.25) is 0 Å². The molecule has 0 bridgehead atoms. The van der Waals surface area contributed by atoms with E-state index in [9.17, 15) is 8.78 Å². The Morgan fingerprint density at radius 3 is 2.95 bits per heavy atom. The number of nitrogens with one attached hydrogen (secondary N) is 1. The normalized spacial score (nSPS) is 11.3. The van der Waals surface area contributed by atoms with E-state index in [0.717, 1.165) is 10.6 Å². The number of aromatic amines is 1. The highest BCUT2D eigenvalue weighted by Crippen LogP contribution is 2.28. The lowest BCUT2D eigenvalue weighted by molar-refractivity contribution is 0.116. The lowest BCUT2D eigenvalue weighted by Gasteiger charge is -1.90. The lowest BCUT2D eigenvalue weighted by Crippen LogP contribution is -1.82. The SMILES string of the molecule is FC(F)c1nnc(-c2cnc(Cc3cc[nH]c3)s2)o1. The average Bonchev–Trinajstić information content (AvgIpc) is 3.09. The molecule has 1 N–H and O–H groups in total. The molecule has 3 rings (SSSR count). The van der Waals surface area contributed by atoms with Gasteiger partial charge in [-0.1, -0.05) is 0 Å². The van der Waals surface area contributed by atoms with Crippen LogP contribution in [0.15, 0.2) is 29.1 Å². The minimum Gasteiger partial charge on any atom is -0.414 e. The van der Waals surface area contributed by atoms with E-state index >= 15 is 0 Å². The second-order valence-corrected chi connectivity index (χ2v) is 4.88. The topological polar surface area (TPSA) is 67.6 Å². The van der Waals surface area contributed by atoms with Crippen molar-refractivity contribution >= 4 is 11.3 Å². The third kappa shape index (κ3) is 2.53. The zero-order valence-electron chi connectivity index (χ0n) is 9.51. The Balaban J connectivity index is 1.80. The van der Waals surface area contributed by atoms with Gasteiger partial charge in [0.05, 0.1) is 11.2 Å². The van der Waals surface area contributed by atoms with E-state index in [1.54, 1.807) is 6.20 Å². The zero-order valence-corrected chi connectivity index (χ0v) is 10.3. The van der Waals surface area contributed by atoms with E-state index in [0.29, 0.717) is 11.3 Å². The molecule has 3 aromatic rings. The fraction of sp³-hybridized carbons (Fsp3) is 0.182. The van der Waals surface area contributed by atoms with Crippen LogP contribution in [-0.2, 0) is 6.42 Å². The Morgan fingerprint density at radius 2 is 2.26 bits per heavy atom. The van der Waals surface area contributed by atoms with Crippen molar-refractivity contribution in [3.63, 3.8) is 0 Å². The second kappa shape index (κ2) is 4.88. The summed E-state index contributed by atoms with van der Waals surface area (Å²) < 4.78 is 29.6. The Kier molecular flexibility index (Phi) is 3.08. The number of H-pyrrole nitrogens is 1. The Labute approximate surface area is 110 Å². The standard InChI is InChI=1S/C11H8F2N4OS/c12-9(13)11-17-16-10(18-11)7-5-15-8(19-7)3-6-1-2-14-4-6/h1-2,4-5,9,14H,3H2. The molecule has 98 valence electrons. The number of rotatable bonds is 4. The molecule has 3 aromatic heterocycles. The van der Waals surface area contributed by atoms with Crippen molar-refractivity contribution in [2.75, 3.05) is 0 Å². The van der Waals surface area contributed by atoms with E-state index in [1.165, 1.54) is 11.3 Å². The highest BCUT2D eigenvalue weighted by atomic mass is 32.1. The molecular formula is C11H8F2N4OS. The molecule has 0 fully saturated rings. The molecule has 0 atom stereocenters. The van der Waals surface area contributed by atoms with Gasteiger partial charge < -0.3 is 9.40 Å². The monoisotopic (exact) mass is 282 g/mol. The van der Waals surface area contributed by atoms with Crippen LogP contribution < -0.4 is 0 Å². The number of hydrogen-bond donors (Lipinski definition) is 1. The van der Waals surface area contributed by atoms with Crippen LogP contribution in [0.4, 0.5) is 8.78 Å². The van der Waals surface area contributed by atoms with Crippen molar-refractivity contribution in [1.82, 2.24) is 20.2 Å². The summed E-state index contributed by atoms with van der Waals surface area (Å²) in [6.07, 6.45) is 3.17. The fourth-order valence-corrected chi connectivity index (χ4v) is 2.43. The fourth-order valence-electron chi connectivity index (χ4n) is 1.56. The van der Waals surface area contributed by atoms with Gasteiger partial charge in [0, 0.05) is 18.8 Å². The Morgan fingerprint density at radius 1 is 1.37 bits per heavy atom. The number of alkyl halides is 2. The molecule has 0 aromatic carbocycles. The van der Waals surface area contributed by atoms with E-state index in [2.05, 4.69) is 20.2 Å². The van der Waals surface area contributed by atoms with Gasteiger partial charge in [0.25, 0.3) is 11.8 Å². The molecule has 0 aliphatic carbocycles. The first kappa shape index (κ1) is 12.0. The van der Waals surface area contributed by atoms with Crippen LogP contribution in [0.3, 0.4) is 0 Å². The van der Waals surface area contributed by atoms with Crippen LogP contribution in [-0.4, -0.2) is 20.2 Å². The predicted molar refractivity (Wildman–Crippen MR) is 64.0 cm³/mol. The molecule has 8 heteroatoms. The van der Waals surface area contributed by atoms with Gasteiger partial charge in [-0.15, -0.1) is 21.5 Å². The number of aromatic nitrogens is 4. The molecule has 5 nitrogen and oxygen atoms in total. The van der Waals surface area contributed by atoms with Gasteiger partial charge in [0.15, 0.2) is 0 Å². The number of nitrogens with zero attached hydrogens (tertiary/aromatic N) is 3. The van der Waals surface area contributed by atoms with Crippen LogP contribution >= 0.6 is 11.3 Å². The summed E-state index contributed by atoms with van der Waals surface area (Å²) in [4.78, 5) is 7.76. The maximum absolute atomic E-state index is 12.3. The van der Waals surface area contributed by atoms with E-state index < -0.39 is 12.3 Å². The zero-order chi connectivity index (χ0) is 13.2. The maximum atomic E-state index is 12.3. The second-order valence-electron chi connectivity index (χ2n) is 3.76. The van der Waals surface area contributed by atoms with Crippen molar-refractivity contribution in [3.8, 4) is 10.8 Å². The largest absolute Gasteiger partial charge is 0.414 e. The summed E-state index contributed by atoms with van der Waals surface area (Å²) in [5.41, 5.74) is 1.10. The molecule has 3 heterocycles. The molecule has 0 unspecified atom stereocenters. The summed E-state index contributed by atoms with van der Waals surface area (Å²) in [6.45, 7) is 0. The number of halogens is 2. The minimum atomic E-state index is -2.76. The van der Waals surface area contributed by atoms with Crippen LogP contribution in [0.5, 0.6) is 0 Å². The number of hydrogen-bond acceptors (Lipinski definition) is 5. The van der Waals surface area contributed by atoms with Crippen LogP contribution in [0.25, 0.3) is 10.8 Å². The molecule has 0 radical (unpaired) electrons. The molecule has 0 aliphatic heterocycles. The molecular weight excluding hydrogens is 274 g/mol. The quantitative estimate of drug-likeness (QED) is 0.798. The van der Waals surface area contributed by atoms with Crippen LogP contribution in [0, 0.1) is 0 Å². The Hall–Kier alpha value is -2.09. The smallest absolute Gasteiger partial charge is 0.314 e. The third-order valence-corrected chi connectivity index (χ3v) is 3.39. The van der Waals surface area contributed by atoms with Crippen molar-refractivity contribution in [1.29, 1.82) is 0 Å². The summed E-state index contributed by atoms with van der Waals surface area (Å²) in [5.74, 6) is -0.594. The average molecular weight is 282 g/mol. The first-order valence-electron chi connectivity index (χ1n) is 5.40. The van der Waals surface area contributed by atoms with Crippen LogP contribution in [0.1, 0.15) is 22.9 Å². The van der Waals surface area contributed by atoms with Gasteiger partial charge in [-0.25, -0.2) is 4.98 Å². The molecule has 0 amide bonds. The molecule has 0 saturated heterocycles. The van der Waals surface area contributed by atoms with Crippen molar-refractivity contribution in [2.45, 2.75) is 12.8 Å². The van der Waals surface area contributed by atoms with Gasteiger partial charge >= 0.3 is 6.43 Å². The number of thiazole rings is 1. The van der Waals surface area contributed by atoms with Crippen molar-refractivity contribution in [3.05, 3.63) is 41.1 Å². The third-order valence-electron chi connectivity index (χ3n) is 2.41. The Bertz CT molecular complexity index is 662. The van der Waals surface area contributed by atoms with Gasteiger partial charge in [-0.3, -0.25) is 0 Å². The first-order valence-corrected chi connectivity index (χ1v) is 6.22. The van der Waals surface area contributed by atoms with Gasteiger partial charge in [-0.05, 0) is 11.6 Å². The maximum Gasteiger partial charge on any atom is 0.314 e. The minimum absolute atomic E-state index is 0.0770. The van der Waals surface area contributed by atoms with Gasteiger partial charge in [-0.2, -0.15) is 8.78 Å². The summed E-state index contributed by atoms with van der Waals surface area (Å²) in [6, 6.07) is 1.95. The summed E-state index contributed by atoms with van der Waals surface area (Å²) in [5, 5.41) is 7.72. The summed E-state index contributed by atoms with van der Waals surface area (Å²) >= 11 is 1.34. The molecule has 0 saturated carbocycles. The highest BCUT2D eigenvalue weighted by molar-refractivity contribution is 7.15. The van der Waals surface area contributed by atoms with Gasteiger partial charge in [0.1, 0.15) is 4.88 Å². The molecule has 0 spiro atoms. The van der Waals surface area contributed by atoms with Crippen molar-refractivity contribution < 1.29 is 13.2 Å².